The van der Waals surface area contributed by atoms with Crippen molar-refractivity contribution in [1.29, 1.82) is 0 Å². The van der Waals surface area contributed by atoms with Gasteiger partial charge in [0.1, 0.15) is 23.8 Å². The van der Waals surface area contributed by atoms with Crippen LogP contribution in [0.1, 0.15) is 10.5 Å². The van der Waals surface area contributed by atoms with Crippen LogP contribution < -0.4 is 19.7 Å². The second kappa shape index (κ2) is 9.18. The van der Waals surface area contributed by atoms with Gasteiger partial charge in [-0.1, -0.05) is 0 Å². The predicted octanol–water partition coefficient (Wildman–Crippen LogP) is 1.05. The molecular formula is C19H25N5O3. The summed E-state index contributed by atoms with van der Waals surface area (Å²) in [5.41, 5.74) is 0.364. The summed E-state index contributed by atoms with van der Waals surface area (Å²) in [6.45, 7) is 4.40. The van der Waals surface area contributed by atoms with Crippen molar-refractivity contribution >= 4 is 11.9 Å². The minimum absolute atomic E-state index is 0.230. The lowest BCUT2D eigenvalue weighted by Gasteiger charge is -2.32. The van der Waals surface area contributed by atoms with Crippen LogP contribution in [0.2, 0.25) is 0 Å². The van der Waals surface area contributed by atoms with Crippen molar-refractivity contribution in [1.82, 2.24) is 20.2 Å². The van der Waals surface area contributed by atoms with Crippen molar-refractivity contribution < 1.29 is 14.3 Å². The molecule has 8 heteroatoms. The molecule has 3 rings (SSSR count). The van der Waals surface area contributed by atoms with E-state index in [1.54, 1.807) is 19.4 Å². The molecule has 0 unspecified atom stereocenters. The van der Waals surface area contributed by atoms with Crippen molar-refractivity contribution in [3.63, 3.8) is 0 Å². The van der Waals surface area contributed by atoms with E-state index in [1.807, 2.05) is 24.3 Å². The summed E-state index contributed by atoms with van der Waals surface area (Å²) in [5, 5.41) is 2.82. The number of rotatable bonds is 7. The number of aromatic nitrogens is 2. The van der Waals surface area contributed by atoms with E-state index in [4.69, 9.17) is 9.47 Å². The number of nitrogens with zero attached hydrogens (tertiary/aromatic N) is 4. The molecule has 2 aromatic rings. The molecule has 0 atom stereocenters. The van der Waals surface area contributed by atoms with E-state index in [9.17, 15) is 4.79 Å². The first kappa shape index (κ1) is 18.9. The van der Waals surface area contributed by atoms with Gasteiger partial charge in [-0.2, -0.15) is 0 Å². The van der Waals surface area contributed by atoms with Gasteiger partial charge < -0.3 is 24.6 Å². The Morgan fingerprint density at radius 1 is 1.11 bits per heavy atom. The molecule has 1 N–H and O–H groups in total. The van der Waals surface area contributed by atoms with E-state index in [0.29, 0.717) is 24.8 Å². The van der Waals surface area contributed by atoms with Crippen LogP contribution in [0, 0.1) is 0 Å². The van der Waals surface area contributed by atoms with E-state index >= 15 is 0 Å². The first-order valence-corrected chi connectivity index (χ1v) is 8.97. The molecule has 27 heavy (non-hydrogen) atoms. The second-order valence-corrected chi connectivity index (χ2v) is 6.31. The lowest BCUT2D eigenvalue weighted by molar-refractivity contribution is 0.0942. The minimum atomic E-state index is -0.230. The summed E-state index contributed by atoms with van der Waals surface area (Å²) in [4.78, 5) is 25.4. The Kier molecular flexibility index (Phi) is 6.43. The van der Waals surface area contributed by atoms with Crippen LogP contribution in [0.5, 0.6) is 11.5 Å². The number of likely N-dealkylation sites (N-methyl/N-ethyl adjacent to an activating group) is 1. The highest BCUT2D eigenvalue weighted by Crippen LogP contribution is 2.16. The van der Waals surface area contributed by atoms with Crippen molar-refractivity contribution in [2.75, 3.05) is 58.4 Å². The maximum atomic E-state index is 12.3. The molecule has 2 heterocycles. The van der Waals surface area contributed by atoms with E-state index < -0.39 is 0 Å². The summed E-state index contributed by atoms with van der Waals surface area (Å²) in [5.74, 6) is 1.87. The number of anilines is 1. The van der Waals surface area contributed by atoms with E-state index in [1.165, 1.54) is 0 Å². The average molecular weight is 371 g/mol. The third-order valence-electron chi connectivity index (χ3n) is 4.38. The Hall–Kier alpha value is -2.87. The highest BCUT2D eigenvalue weighted by molar-refractivity contribution is 5.92. The van der Waals surface area contributed by atoms with Crippen LogP contribution in [-0.4, -0.2) is 74.3 Å². The van der Waals surface area contributed by atoms with Gasteiger partial charge in [-0.3, -0.25) is 4.79 Å². The Balaban J connectivity index is 1.47. The average Bonchev–Trinajstić information content (AvgIpc) is 2.72. The smallest absolute Gasteiger partial charge is 0.270 e. The van der Waals surface area contributed by atoms with Gasteiger partial charge in [0, 0.05) is 32.4 Å². The van der Waals surface area contributed by atoms with Gasteiger partial charge in [-0.05, 0) is 37.4 Å². The van der Waals surface area contributed by atoms with E-state index in [2.05, 4.69) is 32.1 Å². The number of hydrogen-bond donors (Lipinski definition) is 1. The SMILES string of the molecule is COc1ccc(OCCNC(=O)c2ccnc(N3CCN(C)CC3)n2)cc1. The van der Waals surface area contributed by atoms with Crippen LogP contribution in [0.15, 0.2) is 36.5 Å². The zero-order chi connectivity index (χ0) is 19.1. The summed E-state index contributed by atoms with van der Waals surface area (Å²) < 4.78 is 10.7. The zero-order valence-electron chi connectivity index (χ0n) is 15.7. The molecule has 1 aliphatic rings. The number of hydrogen-bond acceptors (Lipinski definition) is 7. The van der Waals surface area contributed by atoms with Crippen LogP contribution in [0.3, 0.4) is 0 Å². The lowest BCUT2D eigenvalue weighted by atomic mass is 10.3. The number of nitrogens with one attached hydrogen (secondary N) is 1. The second-order valence-electron chi connectivity index (χ2n) is 6.31. The first-order valence-electron chi connectivity index (χ1n) is 8.97. The summed E-state index contributed by atoms with van der Waals surface area (Å²) in [6.07, 6.45) is 1.63. The van der Waals surface area contributed by atoms with Crippen molar-refractivity contribution in [2.24, 2.45) is 0 Å². The standard InChI is InChI=1S/C19H25N5O3/c1-23-10-12-24(13-11-23)19-21-8-7-17(22-19)18(25)20-9-14-27-16-5-3-15(26-2)4-6-16/h3-8H,9-14H2,1-2H3,(H,20,25). The number of carbonyl (C=O) groups excluding carboxylic acids is 1. The predicted molar refractivity (Wildman–Crippen MR) is 103 cm³/mol. The van der Waals surface area contributed by atoms with Crippen molar-refractivity contribution in [3.8, 4) is 11.5 Å². The van der Waals surface area contributed by atoms with Gasteiger partial charge in [0.2, 0.25) is 5.95 Å². The maximum Gasteiger partial charge on any atom is 0.270 e. The molecule has 1 amide bonds. The van der Waals surface area contributed by atoms with Crippen molar-refractivity contribution in [3.05, 3.63) is 42.2 Å². The fourth-order valence-corrected chi connectivity index (χ4v) is 2.73. The highest BCUT2D eigenvalue weighted by Gasteiger charge is 2.17. The van der Waals surface area contributed by atoms with Crippen LogP contribution in [-0.2, 0) is 0 Å². The Morgan fingerprint density at radius 3 is 2.52 bits per heavy atom. The largest absolute Gasteiger partial charge is 0.497 e. The van der Waals surface area contributed by atoms with Crippen LogP contribution in [0.4, 0.5) is 5.95 Å². The number of benzene rings is 1. The monoisotopic (exact) mass is 371 g/mol. The van der Waals surface area contributed by atoms with Crippen molar-refractivity contribution in [2.45, 2.75) is 0 Å². The number of amides is 1. The molecule has 1 aliphatic heterocycles. The molecule has 144 valence electrons. The Labute approximate surface area is 159 Å². The third-order valence-corrected chi connectivity index (χ3v) is 4.38. The van der Waals surface area contributed by atoms with E-state index in [0.717, 1.165) is 37.7 Å². The normalized spacial score (nSPS) is 14.7. The Morgan fingerprint density at radius 2 is 1.81 bits per heavy atom. The molecule has 0 saturated carbocycles. The van der Waals surface area contributed by atoms with E-state index in [-0.39, 0.29) is 5.91 Å². The fraction of sp³-hybridized carbons (Fsp3) is 0.421. The van der Waals surface area contributed by atoms with Gasteiger partial charge in [0.25, 0.3) is 5.91 Å². The zero-order valence-corrected chi connectivity index (χ0v) is 15.7. The molecule has 8 nitrogen and oxygen atoms in total. The van der Waals surface area contributed by atoms with Crippen LogP contribution >= 0.6 is 0 Å². The van der Waals surface area contributed by atoms with Gasteiger partial charge in [0.15, 0.2) is 0 Å². The van der Waals surface area contributed by atoms with Gasteiger partial charge in [0.05, 0.1) is 13.7 Å². The Bertz CT molecular complexity index is 745. The molecule has 1 aromatic heterocycles. The maximum absolute atomic E-state index is 12.3. The molecule has 1 aromatic carbocycles. The van der Waals surface area contributed by atoms with Gasteiger partial charge >= 0.3 is 0 Å². The van der Waals surface area contributed by atoms with Gasteiger partial charge in [-0.25, -0.2) is 9.97 Å². The molecule has 0 aliphatic carbocycles. The quantitative estimate of drug-likeness (QED) is 0.729. The highest BCUT2D eigenvalue weighted by atomic mass is 16.5. The number of ether oxygens (including phenoxy) is 2. The summed E-state index contributed by atoms with van der Waals surface area (Å²) >= 11 is 0. The summed E-state index contributed by atoms with van der Waals surface area (Å²) in [6, 6.07) is 8.93. The molecule has 1 fully saturated rings. The number of methoxy groups -OCH3 is 1. The number of carbonyl (C=O) groups is 1. The first-order chi connectivity index (χ1) is 13.2. The van der Waals surface area contributed by atoms with Gasteiger partial charge in [-0.15, -0.1) is 0 Å². The lowest BCUT2D eigenvalue weighted by Crippen LogP contribution is -2.45. The summed E-state index contributed by atoms with van der Waals surface area (Å²) in [7, 11) is 3.71. The topological polar surface area (TPSA) is 79.8 Å². The fourth-order valence-electron chi connectivity index (χ4n) is 2.73. The van der Waals surface area contributed by atoms with Crippen LogP contribution in [0.25, 0.3) is 0 Å². The number of piperazine rings is 1. The molecular weight excluding hydrogens is 346 g/mol. The minimum Gasteiger partial charge on any atom is -0.497 e. The third kappa shape index (κ3) is 5.30. The molecule has 0 bridgehead atoms. The molecule has 1 saturated heterocycles. The molecule has 0 spiro atoms. The molecule has 0 radical (unpaired) electrons.